The first-order chi connectivity index (χ1) is 15.7. The van der Waals surface area contributed by atoms with Gasteiger partial charge in [-0.1, -0.05) is 0 Å². The molecule has 2 saturated heterocycles. The van der Waals surface area contributed by atoms with Crippen LogP contribution in [0.3, 0.4) is 0 Å². The van der Waals surface area contributed by atoms with Crippen molar-refractivity contribution in [3.63, 3.8) is 0 Å². The Kier molecular flexibility index (Phi) is 7.02. The van der Waals surface area contributed by atoms with Crippen molar-refractivity contribution < 1.29 is 18.3 Å². The van der Waals surface area contributed by atoms with Gasteiger partial charge in [0.05, 0.1) is 5.69 Å². The average Bonchev–Trinajstić information content (AvgIpc) is 3.43. The molecule has 2 aromatic rings. The van der Waals surface area contributed by atoms with Gasteiger partial charge in [-0.05, 0) is 77.7 Å². The van der Waals surface area contributed by atoms with Crippen LogP contribution in [-0.4, -0.2) is 63.8 Å². The Labute approximate surface area is 194 Å². The van der Waals surface area contributed by atoms with E-state index in [0.29, 0.717) is 24.3 Å². The molecule has 0 aliphatic carbocycles. The summed E-state index contributed by atoms with van der Waals surface area (Å²) in [5, 5.41) is 0. The minimum Gasteiger partial charge on any atom is -0.444 e. The summed E-state index contributed by atoms with van der Waals surface area (Å²) in [6.07, 6.45) is 5.73. The van der Waals surface area contributed by atoms with Gasteiger partial charge in [-0.3, -0.25) is 0 Å². The number of amides is 1. The van der Waals surface area contributed by atoms with Crippen LogP contribution in [-0.2, 0) is 11.3 Å². The second-order valence-electron chi connectivity index (χ2n) is 10.1. The van der Waals surface area contributed by atoms with Crippen molar-refractivity contribution in [3.8, 4) is 11.3 Å². The number of likely N-dealkylation sites (tertiary alicyclic amines) is 2. The number of nitrogens with zero attached hydrogens (tertiary/aromatic N) is 4. The van der Waals surface area contributed by atoms with E-state index >= 15 is 0 Å². The zero-order valence-corrected chi connectivity index (χ0v) is 19.8. The van der Waals surface area contributed by atoms with Gasteiger partial charge in [0.1, 0.15) is 11.4 Å². The van der Waals surface area contributed by atoms with E-state index < -0.39 is 17.2 Å². The molecule has 4 rings (SSSR count). The molecule has 0 N–H and O–H groups in total. The Morgan fingerprint density at radius 3 is 2.39 bits per heavy atom. The van der Waals surface area contributed by atoms with Crippen LogP contribution in [0.15, 0.2) is 24.4 Å². The van der Waals surface area contributed by atoms with Gasteiger partial charge < -0.3 is 19.1 Å². The highest BCUT2D eigenvalue weighted by molar-refractivity contribution is 5.68. The number of rotatable bonds is 5. The van der Waals surface area contributed by atoms with Crippen molar-refractivity contribution >= 4 is 6.09 Å². The molecule has 2 aliphatic rings. The van der Waals surface area contributed by atoms with E-state index in [2.05, 4.69) is 9.47 Å². The predicted octanol–water partition coefficient (Wildman–Crippen LogP) is 5.04. The largest absolute Gasteiger partial charge is 0.444 e. The highest BCUT2D eigenvalue weighted by Crippen LogP contribution is 2.31. The molecule has 0 atom stereocenters. The zero-order valence-electron chi connectivity index (χ0n) is 19.8. The second kappa shape index (κ2) is 9.79. The van der Waals surface area contributed by atoms with Crippen molar-refractivity contribution in [3.05, 3.63) is 41.9 Å². The molecule has 0 unspecified atom stereocenters. The lowest BCUT2D eigenvalue weighted by Gasteiger charge is -2.33. The molecule has 0 radical (unpaired) electrons. The maximum atomic E-state index is 13.8. The number of ether oxygens (including phenoxy) is 1. The van der Waals surface area contributed by atoms with Gasteiger partial charge in [-0.2, -0.15) is 0 Å². The van der Waals surface area contributed by atoms with Gasteiger partial charge in [0.25, 0.3) is 0 Å². The number of imidazole rings is 1. The Morgan fingerprint density at radius 1 is 1.06 bits per heavy atom. The first-order valence-corrected chi connectivity index (χ1v) is 11.9. The summed E-state index contributed by atoms with van der Waals surface area (Å²) in [6, 6.07) is 3.92. The summed E-state index contributed by atoms with van der Waals surface area (Å²) >= 11 is 0. The number of piperidine rings is 1. The smallest absolute Gasteiger partial charge is 0.410 e. The molecule has 0 saturated carbocycles. The van der Waals surface area contributed by atoms with Crippen molar-refractivity contribution in [1.82, 2.24) is 19.4 Å². The molecule has 2 fully saturated rings. The number of carbonyl (C=O) groups is 1. The molecule has 3 heterocycles. The van der Waals surface area contributed by atoms with E-state index in [-0.39, 0.29) is 12.0 Å². The fourth-order valence-electron chi connectivity index (χ4n) is 4.63. The molecule has 0 spiro atoms. The standard InChI is InChI=1S/C25H34F2N4O2/c1-25(2,3)33-24(32)30-12-8-18(9-13-30)23-28-22(19-6-7-20(26)21(27)16-19)17-31(23)15-14-29-10-4-5-11-29/h6-7,16-18H,4-5,8-15H2,1-3H3. The Morgan fingerprint density at radius 2 is 1.76 bits per heavy atom. The lowest BCUT2D eigenvalue weighted by Crippen LogP contribution is -2.41. The molecule has 33 heavy (non-hydrogen) atoms. The van der Waals surface area contributed by atoms with Gasteiger partial charge in [0.2, 0.25) is 0 Å². The molecule has 8 heteroatoms. The van der Waals surface area contributed by atoms with Gasteiger partial charge in [0.15, 0.2) is 11.6 Å². The van der Waals surface area contributed by atoms with E-state index in [9.17, 15) is 13.6 Å². The number of halogens is 2. The van der Waals surface area contributed by atoms with Crippen molar-refractivity contribution in [1.29, 1.82) is 0 Å². The lowest BCUT2D eigenvalue weighted by molar-refractivity contribution is 0.0202. The number of carbonyl (C=O) groups excluding carboxylic acids is 1. The summed E-state index contributed by atoms with van der Waals surface area (Å²) in [5.41, 5.74) is 0.709. The molecule has 6 nitrogen and oxygen atoms in total. The maximum Gasteiger partial charge on any atom is 0.410 e. The van der Waals surface area contributed by atoms with Crippen LogP contribution < -0.4 is 0 Å². The van der Waals surface area contributed by atoms with Gasteiger partial charge in [-0.25, -0.2) is 18.6 Å². The number of hydrogen-bond donors (Lipinski definition) is 0. The van der Waals surface area contributed by atoms with Crippen molar-refractivity contribution in [2.45, 2.75) is 64.5 Å². The van der Waals surface area contributed by atoms with Gasteiger partial charge in [-0.15, -0.1) is 0 Å². The molecular formula is C25H34F2N4O2. The van der Waals surface area contributed by atoms with Gasteiger partial charge >= 0.3 is 6.09 Å². The normalized spacial score (nSPS) is 18.2. The Balaban J connectivity index is 1.51. The minimum absolute atomic E-state index is 0.196. The van der Waals surface area contributed by atoms with E-state index in [1.807, 2.05) is 27.0 Å². The van der Waals surface area contributed by atoms with Crippen LogP contribution in [0.5, 0.6) is 0 Å². The van der Waals surface area contributed by atoms with Crippen molar-refractivity contribution in [2.24, 2.45) is 0 Å². The van der Waals surface area contributed by atoms with E-state index in [1.54, 1.807) is 11.0 Å². The minimum atomic E-state index is -0.869. The monoisotopic (exact) mass is 460 g/mol. The Hall–Kier alpha value is -2.48. The van der Waals surface area contributed by atoms with E-state index in [0.717, 1.165) is 50.9 Å². The van der Waals surface area contributed by atoms with E-state index in [4.69, 9.17) is 9.72 Å². The third kappa shape index (κ3) is 5.91. The van der Waals surface area contributed by atoms with Crippen LogP contribution in [0.2, 0.25) is 0 Å². The first kappa shape index (κ1) is 23.7. The maximum absolute atomic E-state index is 13.8. The fraction of sp³-hybridized carbons (Fsp3) is 0.600. The number of benzene rings is 1. The molecule has 1 aromatic carbocycles. The zero-order chi connectivity index (χ0) is 23.6. The Bertz CT molecular complexity index is 971. The number of aromatic nitrogens is 2. The first-order valence-electron chi connectivity index (χ1n) is 11.9. The molecule has 180 valence electrons. The molecule has 0 bridgehead atoms. The summed E-state index contributed by atoms with van der Waals surface area (Å²) in [6.45, 7) is 10.8. The third-order valence-corrected chi connectivity index (χ3v) is 6.39. The van der Waals surface area contributed by atoms with Gasteiger partial charge in [0, 0.05) is 43.9 Å². The summed E-state index contributed by atoms with van der Waals surface area (Å²) in [5.74, 6) is -0.577. The SMILES string of the molecule is CC(C)(C)OC(=O)N1CCC(c2nc(-c3ccc(F)c(F)c3)cn2CCN2CCCC2)CC1. The average molecular weight is 461 g/mol. The van der Waals surface area contributed by atoms with E-state index in [1.165, 1.54) is 18.9 Å². The van der Waals surface area contributed by atoms with Crippen LogP contribution >= 0.6 is 0 Å². The molecular weight excluding hydrogens is 426 g/mol. The van der Waals surface area contributed by atoms with Crippen LogP contribution in [0.1, 0.15) is 58.2 Å². The lowest BCUT2D eigenvalue weighted by atomic mass is 9.96. The highest BCUT2D eigenvalue weighted by Gasteiger charge is 2.30. The van der Waals surface area contributed by atoms with Crippen molar-refractivity contribution in [2.75, 3.05) is 32.7 Å². The predicted molar refractivity (Wildman–Crippen MR) is 123 cm³/mol. The molecule has 2 aliphatic heterocycles. The third-order valence-electron chi connectivity index (χ3n) is 6.39. The molecule has 1 amide bonds. The topological polar surface area (TPSA) is 50.6 Å². The van der Waals surface area contributed by atoms with Crippen LogP contribution in [0.4, 0.5) is 13.6 Å². The molecule has 1 aromatic heterocycles. The summed E-state index contributed by atoms with van der Waals surface area (Å²) < 4.78 is 35.0. The van der Waals surface area contributed by atoms with Crippen LogP contribution in [0.25, 0.3) is 11.3 Å². The summed E-state index contributed by atoms with van der Waals surface area (Å²) in [7, 11) is 0. The summed E-state index contributed by atoms with van der Waals surface area (Å²) in [4.78, 5) is 21.5. The van der Waals surface area contributed by atoms with Crippen LogP contribution in [0, 0.1) is 11.6 Å². The fourth-order valence-corrected chi connectivity index (χ4v) is 4.63. The number of hydrogen-bond acceptors (Lipinski definition) is 4. The quantitative estimate of drug-likeness (QED) is 0.627. The highest BCUT2D eigenvalue weighted by atomic mass is 19.2. The second-order valence-corrected chi connectivity index (χ2v) is 10.1.